The fraction of sp³-hybridized carbons (Fsp3) is 0.0588. The summed E-state index contributed by atoms with van der Waals surface area (Å²) >= 11 is 3.40. The highest BCUT2D eigenvalue weighted by Gasteiger charge is 2.12. The zero-order valence-corrected chi connectivity index (χ0v) is 13.5. The summed E-state index contributed by atoms with van der Waals surface area (Å²) in [7, 11) is 0. The molecular formula is C17H14BrN3O. The number of H-pyrrole nitrogens is 1. The van der Waals surface area contributed by atoms with Crippen LogP contribution in [0.3, 0.4) is 0 Å². The summed E-state index contributed by atoms with van der Waals surface area (Å²) in [6.07, 6.45) is 0. The molecule has 110 valence electrons. The van der Waals surface area contributed by atoms with Gasteiger partial charge in [0, 0.05) is 15.7 Å². The molecule has 0 unspecified atom stereocenters. The van der Waals surface area contributed by atoms with E-state index in [0.717, 1.165) is 27.0 Å². The van der Waals surface area contributed by atoms with Crippen LogP contribution in [0.4, 0.5) is 5.69 Å². The predicted molar refractivity (Wildman–Crippen MR) is 90.9 cm³/mol. The first kappa shape index (κ1) is 14.5. The molecule has 0 aliphatic carbocycles. The third-order valence-corrected chi connectivity index (χ3v) is 3.88. The molecule has 1 heterocycles. The van der Waals surface area contributed by atoms with Crippen LogP contribution in [0.25, 0.3) is 11.3 Å². The third-order valence-electron chi connectivity index (χ3n) is 3.36. The highest BCUT2D eigenvalue weighted by atomic mass is 79.9. The number of amides is 1. The second-order valence-electron chi connectivity index (χ2n) is 4.94. The Morgan fingerprint density at radius 3 is 2.59 bits per heavy atom. The Bertz CT molecular complexity index is 809. The molecule has 3 aromatic rings. The number of benzene rings is 2. The van der Waals surface area contributed by atoms with E-state index in [1.54, 1.807) is 6.07 Å². The van der Waals surface area contributed by atoms with Crippen LogP contribution < -0.4 is 5.32 Å². The van der Waals surface area contributed by atoms with Gasteiger partial charge in [-0.25, -0.2) is 0 Å². The van der Waals surface area contributed by atoms with Crippen LogP contribution >= 0.6 is 15.9 Å². The van der Waals surface area contributed by atoms with Crippen LogP contribution in [0.2, 0.25) is 0 Å². The van der Waals surface area contributed by atoms with E-state index in [1.807, 2.05) is 55.5 Å². The van der Waals surface area contributed by atoms with Crippen molar-refractivity contribution in [3.8, 4) is 11.3 Å². The summed E-state index contributed by atoms with van der Waals surface area (Å²) in [5.74, 6) is -0.204. The van der Waals surface area contributed by atoms with Crippen molar-refractivity contribution in [2.45, 2.75) is 6.92 Å². The Hall–Kier alpha value is -2.40. The molecule has 1 aromatic heterocycles. The monoisotopic (exact) mass is 355 g/mol. The Labute approximate surface area is 136 Å². The third kappa shape index (κ3) is 3.09. The Balaban J connectivity index is 1.80. The van der Waals surface area contributed by atoms with Gasteiger partial charge in [-0.05, 0) is 36.8 Å². The quantitative estimate of drug-likeness (QED) is 0.731. The predicted octanol–water partition coefficient (Wildman–Crippen LogP) is 4.40. The zero-order valence-electron chi connectivity index (χ0n) is 11.9. The van der Waals surface area contributed by atoms with Crippen molar-refractivity contribution in [3.63, 3.8) is 0 Å². The summed E-state index contributed by atoms with van der Waals surface area (Å²) in [5, 5.41) is 9.87. The average molecular weight is 356 g/mol. The van der Waals surface area contributed by atoms with Crippen molar-refractivity contribution >= 4 is 27.5 Å². The van der Waals surface area contributed by atoms with Crippen LogP contribution in [0, 0.1) is 6.92 Å². The molecule has 2 N–H and O–H groups in total. The van der Waals surface area contributed by atoms with Crippen LogP contribution in [-0.2, 0) is 0 Å². The van der Waals surface area contributed by atoms with Gasteiger partial charge in [0.15, 0.2) is 0 Å². The van der Waals surface area contributed by atoms with Crippen molar-refractivity contribution in [2.24, 2.45) is 0 Å². The summed E-state index contributed by atoms with van der Waals surface area (Å²) < 4.78 is 1.00. The molecule has 3 rings (SSSR count). The summed E-state index contributed by atoms with van der Waals surface area (Å²) in [4.78, 5) is 12.3. The number of carbonyl (C=O) groups excluding carboxylic acids is 1. The maximum absolute atomic E-state index is 12.3. The largest absolute Gasteiger partial charge is 0.320 e. The summed E-state index contributed by atoms with van der Waals surface area (Å²) in [6.45, 7) is 1.95. The van der Waals surface area contributed by atoms with E-state index in [4.69, 9.17) is 0 Å². The van der Waals surface area contributed by atoms with Crippen LogP contribution in [-0.4, -0.2) is 16.1 Å². The van der Waals surface area contributed by atoms with E-state index in [0.29, 0.717) is 5.69 Å². The van der Waals surface area contributed by atoms with Gasteiger partial charge in [0.05, 0.1) is 5.69 Å². The number of aromatic nitrogens is 2. The SMILES string of the molecule is Cc1ccccc1NC(=O)c1cc(-c2ccc(Br)cc2)n[nH]1. The standard InChI is InChI=1S/C17H14BrN3O/c1-11-4-2-3-5-14(11)19-17(22)16-10-15(20-21-16)12-6-8-13(18)9-7-12/h2-10H,1H3,(H,19,22)(H,20,21). The maximum Gasteiger partial charge on any atom is 0.273 e. The molecule has 0 aliphatic rings. The number of rotatable bonds is 3. The second kappa shape index (κ2) is 6.15. The number of para-hydroxylation sites is 1. The number of nitrogens with one attached hydrogen (secondary N) is 2. The highest BCUT2D eigenvalue weighted by Crippen LogP contribution is 2.21. The molecule has 2 aromatic carbocycles. The van der Waals surface area contributed by atoms with Gasteiger partial charge in [-0.15, -0.1) is 0 Å². The van der Waals surface area contributed by atoms with E-state index in [2.05, 4.69) is 31.4 Å². The lowest BCUT2D eigenvalue weighted by Crippen LogP contribution is -2.13. The van der Waals surface area contributed by atoms with E-state index in [1.165, 1.54) is 0 Å². The number of anilines is 1. The first-order chi connectivity index (χ1) is 10.6. The molecule has 1 amide bonds. The van der Waals surface area contributed by atoms with Gasteiger partial charge in [0.1, 0.15) is 5.69 Å². The van der Waals surface area contributed by atoms with Gasteiger partial charge < -0.3 is 5.32 Å². The molecule has 4 nitrogen and oxygen atoms in total. The molecule has 0 saturated carbocycles. The molecule has 0 radical (unpaired) electrons. The van der Waals surface area contributed by atoms with Gasteiger partial charge in [-0.1, -0.05) is 46.3 Å². The lowest BCUT2D eigenvalue weighted by Gasteiger charge is -2.06. The van der Waals surface area contributed by atoms with E-state index >= 15 is 0 Å². The minimum absolute atomic E-state index is 0.204. The van der Waals surface area contributed by atoms with E-state index in [-0.39, 0.29) is 5.91 Å². The number of halogens is 1. The highest BCUT2D eigenvalue weighted by molar-refractivity contribution is 9.10. The molecular weight excluding hydrogens is 342 g/mol. The molecule has 22 heavy (non-hydrogen) atoms. The first-order valence-electron chi connectivity index (χ1n) is 6.82. The fourth-order valence-corrected chi connectivity index (χ4v) is 2.37. The number of nitrogens with zero attached hydrogens (tertiary/aromatic N) is 1. The lowest BCUT2D eigenvalue weighted by molar-refractivity contribution is 0.102. The molecule has 0 fully saturated rings. The minimum atomic E-state index is -0.204. The van der Waals surface area contributed by atoms with Crippen molar-refractivity contribution in [2.75, 3.05) is 5.32 Å². The fourth-order valence-electron chi connectivity index (χ4n) is 2.11. The Kier molecular flexibility index (Phi) is 4.06. The summed E-state index contributed by atoms with van der Waals surface area (Å²) in [6, 6.07) is 17.2. The average Bonchev–Trinajstić information content (AvgIpc) is 3.00. The van der Waals surface area contributed by atoms with Gasteiger partial charge in [0.25, 0.3) is 5.91 Å². The van der Waals surface area contributed by atoms with Crippen molar-refractivity contribution < 1.29 is 4.79 Å². The number of aryl methyl sites for hydroxylation is 1. The first-order valence-corrected chi connectivity index (χ1v) is 7.61. The lowest BCUT2D eigenvalue weighted by atomic mass is 10.1. The van der Waals surface area contributed by atoms with Crippen molar-refractivity contribution in [1.29, 1.82) is 0 Å². The number of hydrogen-bond acceptors (Lipinski definition) is 2. The molecule has 0 aliphatic heterocycles. The molecule has 0 spiro atoms. The molecule has 5 heteroatoms. The van der Waals surface area contributed by atoms with Crippen molar-refractivity contribution in [3.05, 3.63) is 70.3 Å². The minimum Gasteiger partial charge on any atom is -0.320 e. The van der Waals surface area contributed by atoms with Gasteiger partial charge >= 0.3 is 0 Å². The molecule has 0 saturated heterocycles. The molecule has 0 bridgehead atoms. The Morgan fingerprint density at radius 1 is 1.14 bits per heavy atom. The van der Waals surface area contributed by atoms with Gasteiger partial charge in [-0.3, -0.25) is 9.89 Å². The van der Waals surface area contributed by atoms with Crippen LogP contribution in [0.5, 0.6) is 0 Å². The smallest absolute Gasteiger partial charge is 0.273 e. The normalized spacial score (nSPS) is 10.5. The van der Waals surface area contributed by atoms with Crippen molar-refractivity contribution in [1.82, 2.24) is 10.2 Å². The van der Waals surface area contributed by atoms with Crippen LogP contribution in [0.1, 0.15) is 16.1 Å². The second-order valence-corrected chi connectivity index (χ2v) is 5.86. The molecule has 0 atom stereocenters. The Morgan fingerprint density at radius 2 is 1.86 bits per heavy atom. The topological polar surface area (TPSA) is 57.8 Å². The number of aromatic amines is 1. The van der Waals surface area contributed by atoms with Crippen LogP contribution in [0.15, 0.2) is 59.1 Å². The maximum atomic E-state index is 12.3. The van der Waals surface area contributed by atoms with E-state index < -0.39 is 0 Å². The van der Waals surface area contributed by atoms with E-state index in [9.17, 15) is 4.79 Å². The number of carbonyl (C=O) groups is 1. The van der Waals surface area contributed by atoms with Gasteiger partial charge in [-0.2, -0.15) is 5.10 Å². The zero-order chi connectivity index (χ0) is 15.5. The van der Waals surface area contributed by atoms with Gasteiger partial charge in [0.2, 0.25) is 0 Å². The summed E-state index contributed by atoms with van der Waals surface area (Å²) in [5.41, 5.74) is 3.94. The number of hydrogen-bond donors (Lipinski definition) is 2.